The lowest BCUT2D eigenvalue weighted by Gasteiger charge is -2.27. The van der Waals surface area contributed by atoms with Crippen LogP contribution in [-0.2, 0) is 6.54 Å². The molecule has 2 heterocycles. The summed E-state index contributed by atoms with van der Waals surface area (Å²) in [7, 11) is 0. The Morgan fingerprint density at radius 2 is 1.61 bits per heavy atom. The molecule has 0 saturated heterocycles. The Kier molecular flexibility index (Phi) is 2.87. The fraction of sp³-hybridized carbons (Fsp3) is 0.0556. The Bertz CT molecular complexity index is 929. The van der Waals surface area contributed by atoms with E-state index in [1.54, 1.807) is 6.07 Å². The van der Waals surface area contributed by atoms with E-state index in [0.717, 1.165) is 5.56 Å². The third-order valence-electron chi connectivity index (χ3n) is 4.01. The standard InChI is InChI=1S/C18H12N2O3/c21-14-7-6-12-15-13(8-9-19-16(14)15)18(23)20(17(12)22)10-11-4-2-1-3-5-11/h1-9,21H,10H2. The van der Waals surface area contributed by atoms with Crippen LogP contribution in [0.2, 0.25) is 0 Å². The minimum Gasteiger partial charge on any atom is -0.506 e. The van der Waals surface area contributed by atoms with E-state index in [9.17, 15) is 14.7 Å². The molecule has 1 aliphatic rings. The van der Waals surface area contributed by atoms with Crippen LogP contribution in [0.5, 0.6) is 5.75 Å². The lowest BCUT2D eigenvalue weighted by molar-refractivity contribution is 0.0598. The van der Waals surface area contributed by atoms with E-state index < -0.39 is 0 Å². The molecule has 0 radical (unpaired) electrons. The summed E-state index contributed by atoms with van der Waals surface area (Å²) in [6.07, 6.45) is 1.47. The van der Waals surface area contributed by atoms with Crippen molar-refractivity contribution in [3.8, 4) is 5.75 Å². The molecule has 1 aromatic heterocycles. The molecule has 2 amide bonds. The molecule has 4 rings (SSSR count). The van der Waals surface area contributed by atoms with E-state index in [0.29, 0.717) is 16.5 Å². The number of carbonyl (C=O) groups is 2. The average Bonchev–Trinajstić information content (AvgIpc) is 2.59. The second-order valence-corrected chi connectivity index (χ2v) is 5.40. The monoisotopic (exact) mass is 304 g/mol. The molecule has 1 aliphatic heterocycles. The van der Waals surface area contributed by atoms with Crippen LogP contribution >= 0.6 is 0 Å². The smallest absolute Gasteiger partial charge is 0.261 e. The maximum atomic E-state index is 12.7. The lowest BCUT2D eigenvalue weighted by Crippen LogP contribution is -2.39. The van der Waals surface area contributed by atoms with E-state index in [1.165, 1.54) is 23.2 Å². The quantitative estimate of drug-likeness (QED) is 0.739. The first-order chi connectivity index (χ1) is 11.2. The summed E-state index contributed by atoms with van der Waals surface area (Å²) in [6, 6.07) is 13.9. The van der Waals surface area contributed by atoms with Gasteiger partial charge in [0.1, 0.15) is 11.3 Å². The average molecular weight is 304 g/mol. The van der Waals surface area contributed by atoms with Crippen LogP contribution in [0.4, 0.5) is 0 Å². The zero-order valence-corrected chi connectivity index (χ0v) is 12.1. The number of nitrogens with zero attached hydrogens (tertiary/aromatic N) is 2. The lowest BCUT2D eigenvalue weighted by atomic mass is 9.96. The Morgan fingerprint density at radius 3 is 2.35 bits per heavy atom. The van der Waals surface area contributed by atoms with E-state index in [4.69, 9.17) is 0 Å². The Morgan fingerprint density at radius 1 is 0.913 bits per heavy atom. The molecular formula is C18H12N2O3. The first-order valence-electron chi connectivity index (χ1n) is 7.17. The fourth-order valence-corrected chi connectivity index (χ4v) is 2.90. The van der Waals surface area contributed by atoms with Gasteiger partial charge >= 0.3 is 0 Å². The van der Waals surface area contributed by atoms with Gasteiger partial charge in [0.15, 0.2) is 0 Å². The van der Waals surface area contributed by atoms with Crippen LogP contribution in [-0.4, -0.2) is 26.8 Å². The van der Waals surface area contributed by atoms with Gasteiger partial charge in [-0.05, 0) is 23.8 Å². The maximum Gasteiger partial charge on any atom is 0.261 e. The molecule has 112 valence electrons. The van der Waals surface area contributed by atoms with Crippen molar-refractivity contribution in [3.05, 3.63) is 71.4 Å². The highest BCUT2D eigenvalue weighted by atomic mass is 16.3. The topological polar surface area (TPSA) is 70.5 Å². The van der Waals surface area contributed by atoms with Crippen LogP contribution in [0.1, 0.15) is 26.3 Å². The van der Waals surface area contributed by atoms with Crippen molar-refractivity contribution in [1.82, 2.24) is 9.88 Å². The van der Waals surface area contributed by atoms with Gasteiger partial charge in [-0.25, -0.2) is 0 Å². The SMILES string of the molecule is O=C1c2ccnc3c(O)ccc(c23)C(=O)N1Cc1ccccc1. The van der Waals surface area contributed by atoms with Gasteiger partial charge in [0, 0.05) is 11.6 Å². The van der Waals surface area contributed by atoms with Gasteiger partial charge in [0.25, 0.3) is 11.8 Å². The molecule has 0 atom stereocenters. The highest BCUT2D eigenvalue weighted by molar-refractivity contribution is 6.25. The van der Waals surface area contributed by atoms with Gasteiger partial charge < -0.3 is 5.11 Å². The number of imide groups is 1. The first kappa shape index (κ1) is 13.5. The summed E-state index contributed by atoms with van der Waals surface area (Å²) in [5, 5.41) is 10.3. The molecule has 23 heavy (non-hydrogen) atoms. The number of carbonyl (C=O) groups excluding carboxylic acids is 2. The first-order valence-corrected chi connectivity index (χ1v) is 7.17. The Hall–Kier alpha value is -3.21. The summed E-state index contributed by atoms with van der Waals surface area (Å²) in [4.78, 5) is 30.8. The third-order valence-corrected chi connectivity index (χ3v) is 4.01. The zero-order chi connectivity index (χ0) is 16.0. The van der Waals surface area contributed by atoms with Gasteiger partial charge in [0.2, 0.25) is 0 Å². The number of amides is 2. The van der Waals surface area contributed by atoms with Crippen LogP contribution in [0.3, 0.4) is 0 Å². The molecule has 0 aliphatic carbocycles. The summed E-state index contributed by atoms with van der Waals surface area (Å²) >= 11 is 0. The maximum absolute atomic E-state index is 12.7. The largest absolute Gasteiger partial charge is 0.506 e. The molecule has 0 bridgehead atoms. The van der Waals surface area contributed by atoms with Crippen molar-refractivity contribution < 1.29 is 14.7 Å². The number of rotatable bonds is 2. The van der Waals surface area contributed by atoms with Crippen LogP contribution in [0.25, 0.3) is 10.9 Å². The Balaban J connectivity index is 1.87. The summed E-state index contributed by atoms with van der Waals surface area (Å²) in [5.74, 6) is -0.781. The molecule has 5 heteroatoms. The van der Waals surface area contributed by atoms with Crippen molar-refractivity contribution in [1.29, 1.82) is 0 Å². The van der Waals surface area contributed by atoms with E-state index >= 15 is 0 Å². The van der Waals surface area contributed by atoms with E-state index in [2.05, 4.69) is 4.98 Å². The fourth-order valence-electron chi connectivity index (χ4n) is 2.90. The van der Waals surface area contributed by atoms with E-state index in [1.807, 2.05) is 30.3 Å². The van der Waals surface area contributed by atoms with Crippen molar-refractivity contribution >= 4 is 22.7 Å². The van der Waals surface area contributed by atoms with Crippen LogP contribution in [0, 0.1) is 0 Å². The van der Waals surface area contributed by atoms with Gasteiger partial charge in [-0.1, -0.05) is 30.3 Å². The number of hydrogen-bond donors (Lipinski definition) is 1. The number of aromatic nitrogens is 1. The van der Waals surface area contributed by atoms with Crippen molar-refractivity contribution in [2.24, 2.45) is 0 Å². The summed E-state index contributed by atoms with van der Waals surface area (Å²) < 4.78 is 0. The molecule has 0 saturated carbocycles. The third kappa shape index (κ3) is 1.97. The minimum absolute atomic E-state index is 0.0392. The molecule has 0 spiro atoms. The molecule has 5 nitrogen and oxygen atoms in total. The minimum atomic E-state index is -0.371. The Labute approximate surface area is 131 Å². The summed E-state index contributed by atoms with van der Waals surface area (Å²) in [6.45, 7) is 0.211. The highest BCUT2D eigenvalue weighted by Gasteiger charge is 2.33. The highest BCUT2D eigenvalue weighted by Crippen LogP contribution is 2.33. The number of hydrogen-bond acceptors (Lipinski definition) is 4. The predicted octanol–water partition coefficient (Wildman–Crippen LogP) is 2.74. The molecule has 0 unspecified atom stereocenters. The summed E-state index contributed by atoms with van der Waals surface area (Å²) in [5.41, 5.74) is 1.93. The molecule has 0 fully saturated rings. The van der Waals surface area contributed by atoms with Crippen LogP contribution < -0.4 is 0 Å². The van der Waals surface area contributed by atoms with Crippen molar-refractivity contribution in [2.75, 3.05) is 0 Å². The molecular weight excluding hydrogens is 292 g/mol. The number of phenols is 1. The second-order valence-electron chi connectivity index (χ2n) is 5.40. The normalized spacial score (nSPS) is 13.7. The van der Waals surface area contributed by atoms with Crippen molar-refractivity contribution in [3.63, 3.8) is 0 Å². The van der Waals surface area contributed by atoms with Gasteiger partial charge in [-0.2, -0.15) is 0 Å². The number of benzene rings is 2. The van der Waals surface area contributed by atoms with Crippen molar-refractivity contribution in [2.45, 2.75) is 6.54 Å². The van der Waals surface area contributed by atoms with Gasteiger partial charge in [-0.3, -0.25) is 19.5 Å². The van der Waals surface area contributed by atoms with Crippen LogP contribution in [0.15, 0.2) is 54.7 Å². The molecule has 1 N–H and O–H groups in total. The number of phenolic OH excluding ortho intramolecular Hbond substituents is 1. The van der Waals surface area contributed by atoms with E-state index in [-0.39, 0.29) is 29.6 Å². The predicted molar refractivity (Wildman–Crippen MR) is 84.1 cm³/mol. The number of aromatic hydroxyl groups is 1. The molecule has 3 aromatic rings. The van der Waals surface area contributed by atoms with Gasteiger partial charge in [0.05, 0.1) is 17.7 Å². The zero-order valence-electron chi connectivity index (χ0n) is 12.1. The molecule has 2 aromatic carbocycles. The van der Waals surface area contributed by atoms with Gasteiger partial charge in [-0.15, -0.1) is 0 Å². The number of pyridine rings is 1. The second kappa shape index (κ2) is 4.91.